The highest BCUT2D eigenvalue weighted by Gasteiger charge is 2.27. The number of rotatable bonds is 7. The molecule has 8 nitrogen and oxygen atoms in total. The topological polar surface area (TPSA) is 117 Å². The molecule has 0 aliphatic rings. The van der Waals surface area contributed by atoms with Crippen LogP contribution in [0.4, 0.5) is 14.9 Å². The molecule has 2 rings (SSSR count). The fourth-order valence-corrected chi connectivity index (χ4v) is 2.45. The Bertz CT molecular complexity index is 885. The maximum Gasteiger partial charge on any atom is 0.412 e. The highest BCUT2D eigenvalue weighted by Crippen LogP contribution is 2.28. The number of phenols is 1. The van der Waals surface area contributed by atoms with Crippen LogP contribution < -0.4 is 10.8 Å². The summed E-state index contributed by atoms with van der Waals surface area (Å²) >= 11 is 0. The molecule has 0 unspecified atom stereocenters. The van der Waals surface area contributed by atoms with Crippen molar-refractivity contribution in [2.24, 2.45) is 0 Å². The summed E-state index contributed by atoms with van der Waals surface area (Å²) in [5, 5.41) is 20.6. The molecule has 9 heteroatoms. The quantitative estimate of drug-likeness (QED) is 0.320. The molecule has 0 aromatic heterocycles. The molecule has 154 valence electrons. The van der Waals surface area contributed by atoms with Gasteiger partial charge in [-0.1, -0.05) is 23.8 Å². The SMILES string of the molecule is CO[C@@H](/C=C/C(=O)NO)[C@@H](OC(=O)Nc1ccc(C)cc1)c1ccc(O)c(F)c1. The fraction of sp³-hybridized carbons (Fsp3) is 0.200. The van der Waals surface area contributed by atoms with E-state index in [1.165, 1.54) is 24.7 Å². The molecule has 0 radical (unpaired) electrons. The second-order valence-electron chi connectivity index (χ2n) is 6.06. The third-order valence-electron chi connectivity index (χ3n) is 3.95. The third-order valence-corrected chi connectivity index (χ3v) is 3.95. The van der Waals surface area contributed by atoms with E-state index in [9.17, 15) is 19.1 Å². The molecular formula is C20H21FN2O6. The summed E-state index contributed by atoms with van der Waals surface area (Å²) in [7, 11) is 1.30. The Morgan fingerprint density at radius 2 is 1.86 bits per heavy atom. The number of hydroxylamine groups is 1. The molecule has 0 aliphatic heterocycles. The van der Waals surface area contributed by atoms with Crippen LogP contribution in [0.25, 0.3) is 0 Å². The van der Waals surface area contributed by atoms with Crippen molar-refractivity contribution < 1.29 is 33.8 Å². The van der Waals surface area contributed by atoms with Crippen LogP contribution in [0.15, 0.2) is 54.6 Å². The van der Waals surface area contributed by atoms with Crippen LogP contribution in [-0.2, 0) is 14.3 Å². The van der Waals surface area contributed by atoms with E-state index in [-0.39, 0.29) is 5.56 Å². The molecule has 0 aliphatic carbocycles. The van der Waals surface area contributed by atoms with Crippen molar-refractivity contribution in [3.05, 3.63) is 71.6 Å². The van der Waals surface area contributed by atoms with Gasteiger partial charge in [-0.25, -0.2) is 14.7 Å². The molecule has 2 aromatic rings. The number of amides is 2. The average Bonchev–Trinajstić information content (AvgIpc) is 2.71. The van der Waals surface area contributed by atoms with Crippen molar-refractivity contribution in [1.29, 1.82) is 0 Å². The average molecular weight is 404 g/mol. The molecule has 29 heavy (non-hydrogen) atoms. The lowest BCUT2D eigenvalue weighted by Crippen LogP contribution is -2.27. The number of phenolic OH excluding ortho intramolecular Hbond substituents is 1. The molecule has 0 spiro atoms. The summed E-state index contributed by atoms with van der Waals surface area (Å²) < 4.78 is 24.5. The zero-order valence-electron chi connectivity index (χ0n) is 15.8. The Balaban J connectivity index is 2.28. The first kappa shape index (κ1) is 21.9. The van der Waals surface area contributed by atoms with Gasteiger partial charge in [0.15, 0.2) is 17.7 Å². The Kier molecular flexibility index (Phi) is 7.70. The van der Waals surface area contributed by atoms with E-state index >= 15 is 0 Å². The zero-order valence-corrected chi connectivity index (χ0v) is 15.8. The van der Waals surface area contributed by atoms with Crippen LogP contribution in [0.2, 0.25) is 0 Å². The molecule has 0 fully saturated rings. The van der Waals surface area contributed by atoms with Gasteiger partial charge in [0, 0.05) is 18.9 Å². The van der Waals surface area contributed by atoms with Gasteiger partial charge in [-0.3, -0.25) is 15.3 Å². The van der Waals surface area contributed by atoms with Crippen LogP contribution in [0.1, 0.15) is 17.2 Å². The van der Waals surface area contributed by atoms with Gasteiger partial charge in [-0.15, -0.1) is 0 Å². The summed E-state index contributed by atoms with van der Waals surface area (Å²) in [5.41, 5.74) is 3.10. The van der Waals surface area contributed by atoms with Crippen LogP contribution in [-0.4, -0.2) is 35.5 Å². The molecule has 0 saturated heterocycles. The number of halogens is 1. The Morgan fingerprint density at radius 1 is 1.17 bits per heavy atom. The largest absolute Gasteiger partial charge is 0.505 e. The van der Waals surface area contributed by atoms with E-state index in [1.54, 1.807) is 24.3 Å². The van der Waals surface area contributed by atoms with E-state index in [0.29, 0.717) is 5.69 Å². The Morgan fingerprint density at radius 3 is 2.45 bits per heavy atom. The molecule has 2 atom stereocenters. The number of benzene rings is 2. The number of aromatic hydroxyl groups is 1. The normalized spacial score (nSPS) is 13.0. The maximum atomic E-state index is 13.8. The number of carbonyl (C=O) groups is 2. The lowest BCUT2D eigenvalue weighted by molar-refractivity contribution is -0.124. The standard InChI is InChI=1S/C20H21FN2O6/c1-12-3-6-14(7-4-12)22-20(26)29-19(13-5-8-16(24)15(21)11-13)17(28-2)9-10-18(25)23-27/h3-11,17,19,24,27H,1-2H3,(H,22,26)(H,23,25)/b10-9+/t17-,19-/m0/s1. The number of hydrogen-bond donors (Lipinski definition) is 4. The molecule has 0 heterocycles. The third kappa shape index (κ3) is 6.30. The predicted molar refractivity (Wildman–Crippen MR) is 102 cm³/mol. The zero-order chi connectivity index (χ0) is 21.4. The lowest BCUT2D eigenvalue weighted by Gasteiger charge is -2.24. The maximum absolute atomic E-state index is 13.8. The van der Waals surface area contributed by atoms with Gasteiger partial charge in [0.2, 0.25) is 0 Å². The summed E-state index contributed by atoms with van der Waals surface area (Å²) in [4.78, 5) is 23.6. The van der Waals surface area contributed by atoms with Crippen LogP contribution in [0.5, 0.6) is 5.75 Å². The van der Waals surface area contributed by atoms with E-state index in [0.717, 1.165) is 23.8 Å². The van der Waals surface area contributed by atoms with Crippen molar-refractivity contribution in [2.75, 3.05) is 12.4 Å². The molecular weight excluding hydrogens is 383 g/mol. The Labute approximate surface area is 166 Å². The highest BCUT2D eigenvalue weighted by atomic mass is 19.1. The molecule has 0 saturated carbocycles. The van der Waals surface area contributed by atoms with E-state index < -0.39 is 35.8 Å². The summed E-state index contributed by atoms with van der Waals surface area (Å²) in [5.74, 6) is -2.31. The van der Waals surface area contributed by atoms with Crippen LogP contribution in [0, 0.1) is 12.7 Å². The van der Waals surface area contributed by atoms with Gasteiger partial charge in [0.25, 0.3) is 5.91 Å². The number of methoxy groups -OCH3 is 1. The first-order valence-electron chi connectivity index (χ1n) is 8.51. The first-order valence-corrected chi connectivity index (χ1v) is 8.51. The molecule has 2 aromatic carbocycles. The van der Waals surface area contributed by atoms with Crippen molar-refractivity contribution in [3.8, 4) is 5.75 Å². The summed E-state index contributed by atoms with van der Waals surface area (Å²) in [6.45, 7) is 1.90. The van der Waals surface area contributed by atoms with Gasteiger partial charge in [0.1, 0.15) is 6.10 Å². The van der Waals surface area contributed by atoms with Crippen molar-refractivity contribution >= 4 is 17.7 Å². The van der Waals surface area contributed by atoms with E-state index in [4.69, 9.17) is 14.7 Å². The van der Waals surface area contributed by atoms with E-state index in [2.05, 4.69) is 5.32 Å². The molecule has 0 bridgehead atoms. The Hall–Kier alpha value is -3.43. The lowest BCUT2D eigenvalue weighted by atomic mass is 10.0. The summed E-state index contributed by atoms with van der Waals surface area (Å²) in [6, 6.07) is 10.4. The van der Waals surface area contributed by atoms with Gasteiger partial charge in [0.05, 0.1) is 0 Å². The van der Waals surface area contributed by atoms with Crippen molar-refractivity contribution in [3.63, 3.8) is 0 Å². The number of hydrogen-bond acceptors (Lipinski definition) is 6. The van der Waals surface area contributed by atoms with Crippen LogP contribution >= 0.6 is 0 Å². The fourth-order valence-electron chi connectivity index (χ4n) is 2.45. The number of carbonyl (C=O) groups excluding carboxylic acids is 2. The second-order valence-corrected chi connectivity index (χ2v) is 6.06. The van der Waals surface area contributed by atoms with Crippen molar-refractivity contribution in [2.45, 2.75) is 19.1 Å². The highest BCUT2D eigenvalue weighted by molar-refractivity contribution is 5.86. The van der Waals surface area contributed by atoms with Crippen molar-refractivity contribution in [1.82, 2.24) is 5.48 Å². The number of aryl methyl sites for hydroxylation is 1. The minimum atomic E-state index is -1.16. The number of anilines is 1. The molecule has 2 amide bonds. The number of ether oxygens (including phenoxy) is 2. The predicted octanol–water partition coefficient (Wildman–Crippen LogP) is 3.21. The van der Waals surface area contributed by atoms with Gasteiger partial charge < -0.3 is 14.6 Å². The number of nitrogens with one attached hydrogen (secondary N) is 2. The van der Waals surface area contributed by atoms with Gasteiger partial charge in [-0.05, 0) is 42.8 Å². The first-order chi connectivity index (χ1) is 13.8. The van der Waals surface area contributed by atoms with Gasteiger partial charge in [-0.2, -0.15) is 0 Å². The monoisotopic (exact) mass is 404 g/mol. The second kappa shape index (κ2) is 10.2. The minimum absolute atomic E-state index is 0.181. The summed E-state index contributed by atoms with van der Waals surface area (Å²) in [6.07, 6.45) is -0.794. The smallest absolute Gasteiger partial charge is 0.412 e. The molecule has 4 N–H and O–H groups in total. The van der Waals surface area contributed by atoms with E-state index in [1.807, 2.05) is 6.92 Å². The van der Waals surface area contributed by atoms with Crippen LogP contribution in [0.3, 0.4) is 0 Å². The minimum Gasteiger partial charge on any atom is -0.505 e. The van der Waals surface area contributed by atoms with Gasteiger partial charge >= 0.3 is 6.09 Å².